The van der Waals surface area contributed by atoms with Crippen LogP contribution >= 0.6 is 0 Å². The molecule has 2 heterocycles. The van der Waals surface area contributed by atoms with Gasteiger partial charge in [0.15, 0.2) is 0 Å². The van der Waals surface area contributed by atoms with Crippen molar-refractivity contribution >= 4 is 28.4 Å². The molecular weight excluding hydrogens is 423 g/mol. The molecular formula is C24H19FN6O2. The largest absolute Gasteiger partial charge is 0.366 e. The van der Waals surface area contributed by atoms with Gasteiger partial charge in [-0.1, -0.05) is 12.1 Å². The number of fused-ring (bicyclic) bond motifs is 1. The van der Waals surface area contributed by atoms with Gasteiger partial charge in [-0.15, -0.1) is 0 Å². The highest BCUT2D eigenvalue weighted by atomic mass is 19.1. The number of nitrogens with two attached hydrogens (primary N) is 1. The molecule has 2 amide bonds. The molecule has 0 aliphatic rings. The Kier molecular flexibility index (Phi) is 5.58. The lowest BCUT2D eigenvalue weighted by Gasteiger charge is -2.09. The van der Waals surface area contributed by atoms with Crippen molar-refractivity contribution in [2.45, 2.75) is 20.4 Å². The summed E-state index contributed by atoms with van der Waals surface area (Å²) < 4.78 is 15.4. The van der Waals surface area contributed by atoms with Gasteiger partial charge >= 0.3 is 0 Å². The summed E-state index contributed by atoms with van der Waals surface area (Å²) in [5.41, 5.74) is 8.96. The van der Waals surface area contributed by atoms with Gasteiger partial charge in [-0.25, -0.2) is 9.37 Å². The molecule has 9 heteroatoms. The van der Waals surface area contributed by atoms with Gasteiger partial charge in [-0.3, -0.25) is 14.3 Å². The van der Waals surface area contributed by atoms with Crippen molar-refractivity contribution in [1.82, 2.24) is 14.8 Å². The molecule has 164 valence electrons. The van der Waals surface area contributed by atoms with Gasteiger partial charge in [-0.05, 0) is 49.7 Å². The molecule has 0 bridgehead atoms. The highest BCUT2D eigenvalue weighted by Crippen LogP contribution is 2.23. The van der Waals surface area contributed by atoms with Crippen molar-refractivity contribution in [2.24, 2.45) is 5.73 Å². The normalized spacial score (nSPS) is 10.7. The molecule has 8 nitrogen and oxygen atoms in total. The zero-order chi connectivity index (χ0) is 23.7. The molecule has 0 spiro atoms. The molecule has 4 aromatic rings. The first-order chi connectivity index (χ1) is 15.8. The third-order valence-corrected chi connectivity index (χ3v) is 5.31. The van der Waals surface area contributed by atoms with E-state index < -0.39 is 17.6 Å². The van der Waals surface area contributed by atoms with Crippen LogP contribution in [-0.2, 0) is 6.54 Å². The SMILES string of the molecule is Cc1nn(Cc2ccc(C#N)cc2)c(C)c1NC(=O)c1cc(C(N)=O)c2ccc(F)cc2n1. The smallest absolute Gasteiger partial charge is 0.274 e. The van der Waals surface area contributed by atoms with Gasteiger partial charge in [0.25, 0.3) is 5.91 Å². The predicted molar refractivity (Wildman–Crippen MR) is 120 cm³/mol. The van der Waals surface area contributed by atoms with E-state index in [1.165, 1.54) is 18.2 Å². The number of primary amides is 1. The first kappa shape index (κ1) is 21.6. The summed E-state index contributed by atoms with van der Waals surface area (Å²) in [5, 5.41) is 16.6. The molecule has 33 heavy (non-hydrogen) atoms. The molecule has 4 rings (SSSR count). The Morgan fingerprint density at radius 1 is 1.15 bits per heavy atom. The maximum Gasteiger partial charge on any atom is 0.274 e. The first-order valence-corrected chi connectivity index (χ1v) is 10.0. The van der Waals surface area contributed by atoms with E-state index >= 15 is 0 Å². The monoisotopic (exact) mass is 442 g/mol. The zero-order valence-electron chi connectivity index (χ0n) is 17.9. The number of aromatic nitrogens is 3. The third-order valence-electron chi connectivity index (χ3n) is 5.31. The van der Waals surface area contributed by atoms with E-state index in [9.17, 15) is 14.0 Å². The Labute approximate surface area is 188 Å². The van der Waals surface area contributed by atoms with E-state index in [-0.39, 0.29) is 16.8 Å². The molecule has 3 N–H and O–H groups in total. The number of benzene rings is 2. The van der Waals surface area contributed by atoms with Crippen LogP contribution < -0.4 is 11.1 Å². The van der Waals surface area contributed by atoms with Gasteiger partial charge in [0.2, 0.25) is 5.91 Å². The number of carbonyl (C=O) groups is 2. The van der Waals surface area contributed by atoms with E-state index in [1.54, 1.807) is 23.7 Å². The maximum atomic E-state index is 13.7. The molecule has 0 saturated heterocycles. The highest BCUT2D eigenvalue weighted by Gasteiger charge is 2.19. The predicted octanol–water partition coefficient (Wildman–Crippen LogP) is 3.46. The number of amides is 2. The fourth-order valence-corrected chi connectivity index (χ4v) is 3.59. The van der Waals surface area contributed by atoms with Crippen LogP contribution in [-0.4, -0.2) is 26.6 Å². The summed E-state index contributed by atoms with van der Waals surface area (Å²) in [7, 11) is 0. The lowest BCUT2D eigenvalue weighted by molar-refractivity contribution is 0.100. The lowest BCUT2D eigenvalue weighted by atomic mass is 10.1. The average molecular weight is 442 g/mol. The molecule has 0 aliphatic carbocycles. The van der Waals surface area contributed by atoms with Crippen molar-refractivity contribution < 1.29 is 14.0 Å². The van der Waals surface area contributed by atoms with Crippen molar-refractivity contribution in [3.05, 3.63) is 88.1 Å². The van der Waals surface area contributed by atoms with Crippen LogP contribution in [0.5, 0.6) is 0 Å². The fourth-order valence-electron chi connectivity index (χ4n) is 3.59. The Morgan fingerprint density at radius 2 is 1.88 bits per heavy atom. The number of hydrogen-bond acceptors (Lipinski definition) is 5. The second-order valence-electron chi connectivity index (χ2n) is 7.55. The average Bonchev–Trinajstić information content (AvgIpc) is 3.05. The van der Waals surface area contributed by atoms with Gasteiger partial charge in [0, 0.05) is 11.5 Å². The second-order valence-corrected chi connectivity index (χ2v) is 7.55. The summed E-state index contributed by atoms with van der Waals surface area (Å²) >= 11 is 0. The number of nitrogens with one attached hydrogen (secondary N) is 1. The van der Waals surface area contributed by atoms with E-state index in [4.69, 9.17) is 11.0 Å². The molecule has 0 saturated carbocycles. The minimum Gasteiger partial charge on any atom is -0.366 e. The lowest BCUT2D eigenvalue weighted by Crippen LogP contribution is -2.18. The summed E-state index contributed by atoms with van der Waals surface area (Å²) in [6.45, 7) is 4.03. The number of carbonyl (C=O) groups excluding carboxylic acids is 2. The topological polar surface area (TPSA) is 127 Å². The standard InChI is InChI=1S/C24H19FN6O2/c1-13-22(14(2)31(30-13)12-16-5-3-15(11-26)4-6-16)29-24(33)21-10-19(23(27)32)18-8-7-17(25)9-20(18)28-21/h3-10H,12H2,1-2H3,(H2,27,32)(H,29,33). The van der Waals surface area contributed by atoms with Gasteiger partial charge < -0.3 is 11.1 Å². The van der Waals surface area contributed by atoms with Crippen LogP contribution in [0.25, 0.3) is 10.9 Å². The van der Waals surface area contributed by atoms with Crippen molar-refractivity contribution in [3.63, 3.8) is 0 Å². The summed E-state index contributed by atoms with van der Waals surface area (Å²) in [4.78, 5) is 29.1. The summed E-state index contributed by atoms with van der Waals surface area (Å²) in [6.07, 6.45) is 0. The number of halogens is 1. The van der Waals surface area contributed by atoms with E-state index in [1.807, 2.05) is 19.1 Å². The van der Waals surface area contributed by atoms with Crippen LogP contribution in [0.4, 0.5) is 10.1 Å². The van der Waals surface area contributed by atoms with Crippen molar-refractivity contribution in [2.75, 3.05) is 5.32 Å². The van der Waals surface area contributed by atoms with E-state index in [0.29, 0.717) is 34.6 Å². The minimum atomic E-state index is -0.745. The van der Waals surface area contributed by atoms with Crippen LogP contribution in [0, 0.1) is 31.0 Å². The first-order valence-electron chi connectivity index (χ1n) is 10.0. The fraction of sp³-hybridized carbons (Fsp3) is 0.125. The van der Waals surface area contributed by atoms with E-state index in [2.05, 4.69) is 21.5 Å². The molecule has 0 unspecified atom stereocenters. The maximum absolute atomic E-state index is 13.7. The van der Waals surface area contributed by atoms with Crippen LogP contribution in [0.3, 0.4) is 0 Å². The molecule has 0 aliphatic heterocycles. The molecule has 2 aromatic carbocycles. The van der Waals surface area contributed by atoms with E-state index in [0.717, 1.165) is 11.6 Å². The van der Waals surface area contributed by atoms with Gasteiger partial charge in [0.1, 0.15) is 11.5 Å². The Bertz CT molecular complexity index is 1450. The minimum absolute atomic E-state index is 0.0689. The quantitative estimate of drug-likeness (QED) is 0.489. The number of rotatable bonds is 5. The van der Waals surface area contributed by atoms with Crippen molar-refractivity contribution in [3.8, 4) is 6.07 Å². The number of pyridine rings is 1. The van der Waals surface area contributed by atoms with Gasteiger partial charge in [0.05, 0.1) is 46.3 Å². The zero-order valence-corrected chi connectivity index (χ0v) is 17.9. The Morgan fingerprint density at radius 3 is 2.55 bits per heavy atom. The molecule has 0 radical (unpaired) electrons. The Balaban J connectivity index is 1.64. The Hall–Kier alpha value is -4.58. The molecule has 0 atom stereocenters. The second kappa shape index (κ2) is 8.51. The third kappa shape index (κ3) is 4.27. The number of aryl methyl sites for hydroxylation is 1. The number of nitrogens with zero attached hydrogens (tertiary/aromatic N) is 4. The summed E-state index contributed by atoms with van der Waals surface area (Å²) in [5.74, 6) is -1.86. The van der Waals surface area contributed by atoms with Crippen molar-refractivity contribution in [1.29, 1.82) is 5.26 Å². The van der Waals surface area contributed by atoms with Crippen LogP contribution in [0.1, 0.15) is 43.4 Å². The van der Waals surface area contributed by atoms with Crippen LogP contribution in [0.15, 0.2) is 48.5 Å². The summed E-state index contributed by atoms with van der Waals surface area (Å²) in [6, 6.07) is 14.3. The number of hydrogen-bond donors (Lipinski definition) is 2. The van der Waals surface area contributed by atoms with Crippen LogP contribution in [0.2, 0.25) is 0 Å². The van der Waals surface area contributed by atoms with Gasteiger partial charge in [-0.2, -0.15) is 10.4 Å². The molecule has 2 aromatic heterocycles. The molecule has 0 fully saturated rings. The number of anilines is 1. The number of nitriles is 1. The highest BCUT2D eigenvalue weighted by molar-refractivity contribution is 6.10.